The summed E-state index contributed by atoms with van der Waals surface area (Å²) in [4.78, 5) is 41.6. The van der Waals surface area contributed by atoms with E-state index in [1.807, 2.05) is 49.4 Å². The van der Waals surface area contributed by atoms with Gasteiger partial charge in [0.05, 0.1) is 43.5 Å². The van der Waals surface area contributed by atoms with Gasteiger partial charge in [-0.15, -0.1) is 0 Å². The van der Waals surface area contributed by atoms with Crippen LogP contribution in [0.4, 0.5) is 0 Å². The molecule has 0 spiro atoms. The highest BCUT2D eigenvalue weighted by molar-refractivity contribution is 8.05. The van der Waals surface area contributed by atoms with Gasteiger partial charge in [-0.05, 0) is 68.5 Å². The van der Waals surface area contributed by atoms with Crippen molar-refractivity contribution in [2.75, 3.05) is 33.5 Å². The third-order valence-corrected chi connectivity index (χ3v) is 8.50. The number of hydrogen-bond acceptors (Lipinski definition) is 10. The van der Waals surface area contributed by atoms with Gasteiger partial charge in [0.25, 0.3) is 5.91 Å². The summed E-state index contributed by atoms with van der Waals surface area (Å²) in [6, 6.07) is 16.1. The summed E-state index contributed by atoms with van der Waals surface area (Å²) in [5.74, 6) is 0.165. The minimum atomic E-state index is -0.786. The van der Waals surface area contributed by atoms with Crippen molar-refractivity contribution in [1.29, 1.82) is 0 Å². The Morgan fingerprint density at radius 3 is 2.36 bits per heavy atom. The third-order valence-electron chi connectivity index (χ3n) is 7.39. The Balaban J connectivity index is 1.55. The second-order valence-electron chi connectivity index (χ2n) is 10.1. The van der Waals surface area contributed by atoms with E-state index < -0.39 is 23.5 Å². The molecule has 3 aromatic carbocycles. The van der Waals surface area contributed by atoms with E-state index in [-0.39, 0.29) is 25.7 Å². The Hall–Kier alpha value is -4.64. The molecule has 0 aromatic heterocycles. The summed E-state index contributed by atoms with van der Waals surface area (Å²) in [5, 5.41) is 5.26. The predicted molar refractivity (Wildman–Crippen MR) is 172 cm³/mol. The first-order valence-corrected chi connectivity index (χ1v) is 15.6. The number of carbonyl (C=O) groups excluding carboxylic acids is 3. The summed E-state index contributed by atoms with van der Waals surface area (Å²) < 4.78 is 27.5. The van der Waals surface area contributed by atoms with E-state index in [0.29, 0.717) is 39.8 Å². The molecule has 2 atom stereocenters. The van der Waals surface area contributed by atoms with Gasteiger partial charge in [0.15, 0.2) is 23.6 Å². The second kappa shape index (κ2) is 14.0. The number of rotatable bonds is 11. The van der Waals surface area contributed by atoms with Crippen LogP contribution >= 0.6 is 11.8 Å². The Morgan fingerprint density at radius 1 is 0.911 bits per heavy atom. The smallest absolute Gasteiger partial charge is 0.344 e. The van der Waals surface area contributed by atoms with Gasteiger partial charge in [0, 0.05) is 11.1 Å². The minimum absolute atomic E-state index is 0.175. The molecule has 1 amide bonds. The zero-order valence-electron chi connectivity index (χ0n) is 25.9. The van der Waals surface area contributed by atoms with E-state index in [2.05, 4.69) is 5.32 Å². The molecule has 1 N–H and O–H groups in total. The van der Waals surface area contributed by atoms with Crippen LogP contribution in [-0.2, 0) is 23.9 Å². The Labute approximate surface area is 266 Å². The fourth-order valence-electron chi connectivity index (χ4n) is 5.47. The van der Waals surface area contributed by atoms with Crippen molar-refractivity contribution < 1.29 is 38.1 Å². The van der Waals surface area contributed by atoms with Crippen LogP contribution in [0.25, 0.3) is 16.8 Å². The SMILES string of the molecule is CCOC(=O)COc1ccc([C@H]2C(C(=O)OCC)=C(C)N[C@@H]3S/C(=C\c4ccc(OCC)c5ccccc45)C(=O)N32)cc1OC. The van der Waals surface area contributed by atoms with E-state index in [0.717, 1.165) is 22.1 Å². The highest BCUT2D eigenvalue weighted by Gasteiger charge is 2.48. The molecule has 45 heavy (non-hydrogen) atoms. The van der Waals surface area contributed by atoms with Crippen LogP contribution in [-0.4, -0.2) is 61.8 Å². The van der Waals surface area contributed by atoms with E-state index in [4.69, 9.17) is 23.7 Å². The van der Waals surface area contributed by atoms with Crippen LogP contribution in [0.3, 0.4) is 0 Å². The summed E-state index contributed by atoms with van der Waals surface area (Å²) in [7, 11) is 1.48. The van der Waals surface area contributed by atoms with Crippen LogP contribution in [0.1, 0.15) is 44.9 Å². The van der Waals surface area contributed by atoms with E-state index >= 15 is 0 Å². The van der Waals surface area contributed by atoms with E-state index in [1.54, 1.807) is 43.9 Å². The number of benzene rings is 3. The monoisotopic (exact) mass is 632 g/mol. The summed E-state index contributed by atoms with van der Waals surface area (Å²) in [5.41, 5.74) is 1.94. The molecule has 0 aliphatic carbocycles. The predicted octanol–water partition coefficient (Wildman–Crippen LogP) is 5.57. The Morgan fingerprint density at radius 2 is 1.64 bits per heavy atom. The average Bonchev–Trinajstić information content (AvgIpc) is 3.34. The Kier molecular flexibility index (Phi) is 9.87. The molecule has 0 bridgehead atoms. The number of carbonyl (C=O) groups is 3. The molecule has 2 aliphatic heterocycles. The van der Waals surface area contributed by atoms with E-state index in [9.17, 15) is 14.4 Å². The van der Waals surface area contributed by atoms with Gasteiger partial charge in [-0.25, -0.2) is 9.59 Å². The molecule has 3 aromatic rings. The number of thioether (sulfide) groups is 1. The van der Waals surface area contributed by atoms with Crippen molar-refractivity contribution >= 4 is 46.5 Å². The van der Waals surface area contributed by atoms with Crippen LogP contribution in [0.2, 0.25) is 0 Å². The van der Waals surface area contributed by atoms with Crippen LogP contribution in [0.15, 0.2) is 70.8 Å². The maximum atomic E-state index is 14.2. The van der Waals surface area contributed by atoms with Crippen LogP contribution in [0, 0.1) is 0 Å². The normalized spacial score (nSPS) is 18.5. The molecule has 0 unspecified atom stereocenters. The molecule has 1 saturated heterocycles. The number of methoxy groups -OCH3 is 1. The standard InChI is InChI=1S/C34H36N2O8S/c1-6-41-25-15-13-21(23-11-9-10-12-24(23)25)18-28-32(38)36-31(30(33(39)43-8-3)20(4)35-34(36)45-28)22-14-16-26(27(17-22)40-5)44-19-29(37)42-7-2/h9-18,31,34-35H,6-8,19H2,1-5H3/b28-18-/t31-,34-/m0/s1. The number of nitrogens with zero attached hydrogens (tertiary/aromatic N) is 1. The maximum Gasteiger partial charge on any atom is 0.344 e. The van der Waals surface area contributed by atoms with E-state index in [1.165, 1.54) is 18.9 Å². The first kappa shape index (κ1) is 31.8. The first-order valence-electron chi connectivity index (χ1n) is 14.8. The Bertz CT molecular complexity index is 1680. The largest absolute Gasteiger partial charge is 0.493 e. The molecular formula is C34H36N2O8S. The van der Waals surface area contributed by atoms with Gasteiger partial charge in [-0.1, -0.05) is 48.2 Å². The summed E-state index contributed by atoms with van der Waals surface area (Å²) in [6.07, 6.45) is 1.88. The maximum absolute atomic E-state index is 14.2. The first-order chi connectivity index (χ1) is 21.8. The molecule has 2 heterocycles. The highest BCUT2D eigenvalue weighted by Crippen LogP contribution is 2.48. The van der Waals surface area contributed by atoms with Gasteiger partial charge in [0.2, 0.25) is 0 Å². The number of ether oxygens (including phenoxy) is 5. The molecule has 2 aliphatic rings. The number of esters is 2. The summed E-state index contributed by atoms with van der Waals surface area (Å²) in [6.45, 7) is 7.87. The number of fused-ring (bicyclic) bond motifs is 2. The lowest BCUT2D eigenvalue weighted by Gasteiger charge is -2.39. The van der Waals surface area contributed by atoms with Crippen molar-refractivity contribution in [3.05, 3.63) is 81.9 Å². The zero-order valence-corrected chi connectivity index (χ0v) is 26.7. The molecule has 10 nitrogen and oxygen atoms in total. The average molecular weight is 633 g/mol. The molecule has 1 fully saturated rings. The van der Waals surface area contributed by atoms with Crippen molar-refractivity contribution in [2.24, 2.45) is 0 Å². The molecule has 0 radical (unpaired) electrons. The van der Waals surface area contributed by atoms with Gasteiger partial charge in [0.1, 0.15) is 5.75 Å². The fourth-order valence-corrected chi connectivity index (χ4v) is 6.68. The van der Waals surface area contributed by atoms with Gasteiger partial charge in [-0.3, -0.25) is 9.69 Å². The van der Waals surface area contributed by atoms with Crippen molar-refractivity contribution in [3.8, 4) is 17.2 Å². The van der Waals surface area contributed by atoms with Crippen molar-refractivity contribution in [1.82, 2.24) is 10.2 Å². The third kappa shape index (κ3) is 6.44. The highest BCUT2D eigenvalue weighted by atomic mass is 32.2. The zero-order chi connectivity index (χ0) is 32.1. The lowest BCUT2D eigenvalue weighted by atomic mass is 9.93. The second-order valence-corrected chi connectivity index (χ2v) is 11.3. The molecular weight excluding hydrogens is 596 g/mol. The summed E-state index contributed by atoms with van der Waals surface area (Å²) >= 11 is 1.38. The lowest BCUT2D eigenvalue weighted by molar-refractivity contribution is -0.145. The number of nitrogens with one attached hydrogen (secondary N) is 1. The van der Waals surface area contributed by atoms with Crippen LogP contribution < -0.4 is 19.5 Å². The number of allylic oxidation sites excluding steroid dienone is 1. The van der Waals surface area contributed by atoms with Crippen molar-refractivity contribution in [2.45, 2.75) is 39.2 Å². The number of amides is 1. The molecule has 11 heteroatoms. The van der Waals surface area contributed by atoms with Gasteiger partial charge >= 0.3 is 11.9 Å². The van der Waals surface area contributed by atoms with Crippen molar-refractivity contribution in [3.63, 3.8) is 0 Å². The van der Waals surface area contributed by atoms with Gasteiger partial charge < -0.3 is 29.0 Å². The molecule has 236 valence electrons. The number of hydrogen-bond donors (Lipinski definition) is 1. The minimum Gasteiger partial charge on any atom is -0.493 e. The van der Waals surface area contributed by atoms with Gasteiger partial charge in [-0.2, -0.15) is 0 Å². The van der Waals surface area contributed by atoms with Crippen LogP contribution in [0.5, 0.6) is 17.2 Å². The lowest BCUT2D eigenvalue weighted by Crippen LogP contribution is -2.50. The topological polar surface area (TPSA) is 113 Å². The molecule has 0 saturated carbocycles. The molecule has 5 rings (SSSR count). The fraction of sp³-hybridized carbons (Fsp3) is 0.324. The quantitative estimate of drug-likeness (QED) is 0.213.